The number of aromatic hydroxyl groups is 1. The van der Waals surface area contributed by atoms with Gasteiger partial charge in [-0.1, -0.05) is 97.7 Å². The fraction of sp³-hybridized carbons (Fsp3) is 0.603. The fourth-order valence-corrected chi connectivity index (χ4v) is 11.9. The van der Waals surface area contributed by atoms with E-state index in [9.17, 15) is 38.7 Å². The van der Waals surface area contributed by atoms with Crippen molar-refractivity contribution in [1.82, 2.24) is 66.8 Å². The molecule has 3 aromatic heterocycles. The van der Waals surface area contributed by atoms with E-state index in [-0.39, 0.29) is 136 Å². The van der Waals surface area contributed by atoms with Gasteiger partial charge in [-0.15, -0.1) is 11.3 Å². The number of rotatable bonds is 43. The summed E-state index contributed by atoms with van der Waals surface area (Å²) in [6.07, 6.45) is 6.59. The summed E-state index contributed by atoms with van der Waals surface area (Å²) in [5.41, 5.74) is 14.1. The number of aromatic amines is 1. The average Bonchev–Trinajstić information content (AvgIpc) is 1.84. The summed E-state index contributed by atoms with van der Waals surface area (Å²) < 4.78 is 34.0. The van der Waals surface area contributed by atoms with Gasteiger partial charge in [-0.2, -0.15) is 9.97 Å². The predicted octanol–water partition coefficient (Wildman–Crippen LogP) is 6.59. The monoisotopic (exact) mass is 1370 g/mol. The molecule has 4 heterocycles. The number of anilines is 1. The van der Waals surface area contributed by atoms with E-state index in [0.717, 1.165) is 48.9 Å². The third-order valence-corrected chi connectivity index (χ3v) is 17.6. The van der Waals surface area contributed by atoms with Crippen molar-refractivity contribution in [2.45, 2.75) is 169 Å². The SMILES string of the molecule is CCCO[C@H](C[C@H](C(C)C)N(CCC)C(=O)[C@@H](NC(=O)[C@H]1CCCCN1C)[C@@H](C)CC)c1nc(C(=O)N[C@@H](Cc2ccc(O)cc2)C[C@H](C)C(=O)NNC(=O)OCCOCCOCCOCCNC(=O)CCCC(=O)NCc2ccc(COc3nc(N)nc4[nH]cnc34)cc2)cs1. The Morgan fingerprint density at radius 1 is 0.784 bits per heavy atom. The summed E-state index contributed by atoms with van der Waals surface area (Å²) in [6, 6.07) is 12.3. The number of phenolic OH excluding ortho intramolecular Hbond substituents is 1. The van der Waals surface area contributed by atoms with Crippen LogP contribution in [0.2, 0.25) is 0 Å². The largest absolute Gasteiger partial charge is 0.508 e. The third kappa shape index (κ3) is 26.7. The maximum atomic E-state index is 14.8. The number of benzene rings is 2. The number of hydrogen-bond acceptors (Lipinski definition) is 21. The molecular weight excluding hydrogens is 1270 g/mol. The lowest BCUT2D eigenvalue weighted by Gasteiger charge is -2.40. The highest BCUT2D eigenvalue weighted by molar-refractivity contribution is 7.09. The molecule has 0 aliphatic carbocycles. The van der Waals surface area contributed by atoms with Crippen LogP contribution in [0.15, 0.2) is 60.2 Å². The molecule has 97 heavy (non-hydrogen) atoms. The number of aromatic nitrogens is 5. The summed E-state index contributed by atoms with van der Waals surface area (Å²) >= 11 is 1.30. The number of nitrogens with one attached hydrogen (secondary N) is 7. The number of phenols is 1. The molecular formula is C68H102N14O14S. The van der Waals surface area contributed by atoms with Crippen LogP contribution in [0.4, 0.5) is 10.7 Å². The molecule has 10 N–H and O–H groups in total. The lowest BCUT2D eigenvalue weighted by molar-refractivity contribution is -0.143. The number of ether oxygens (including phenoxy) is 6. The van der Waals surface area contributed by atoms with E-state index < -0.39 is 42.0 Å². The summed E-state index contributed by atoms with van der Waals surface area (Å²) in [6.45, 7) is 17.8. The van der Waals surface area contributed by atoms with Gasteiger partial charge >= 0.3 is 6.09 Å². The van der Waals surface area contributed by atoms with E-state index in [2.05, 4.69) is 70.8 Å². The van der Waals surface area contributed by atoms with E-state index in [0.29, 0.717) is 81.1 Å². The highest BCUT2D eigenvalue weighted by atomic mass is 32.1. The highest BCUT2D eigenvalue weighted by Gasteiger charge is 2.38. The number of likely N-dealkylation sites (tertiary alicyclic amines) is 1. The second-order valence-electron chi connectivity index (χ2n) is 24.7. The van der Waals surface area contributed by atoms with E-state index in [4.69, 9.17) is 39.1 Å². The van der Waals surface area contributed by atoms with Crippen LogP contribution in [-0.2, 0) is 67.2 Å². The number of nitrogen functional groups attached to an aromatic ring is 1. The van der Waals surface area contributed by atoms with Crippen LogP contribution in [0, 0.1) is 17.8 Å². The van der Waals surface area contributed by atoms with Gasteiger partial charge < -0.3 is 70.4 Å². The van der Waals surface area contributed by atoms with Gasteiger partial charge in [-0.3, -0.25) is 39.1 Å². The van der Waals surface area contributed by atoms with Crippen molar-refractivity contribution in [2.75, 3.05) is 85.3 Å². The van der Waals surface area contributed by atoms with E-state index in [1.54, 1.807) is 36.6 Å². The number of carbonyl (C=O) groups excluding carboxylic acids is 7. The van der Waals surface area contributed by atoms with Crippen LogP contribution in [0.1, 0.15) is 157 Å². The summed E-state index contributed by atoms with van der Waals surface area (Å²) in [5.74, 6) is -1.95. The Morgan fingerprint density at radius 3 is 2.14 bits per heavy atom. The van der Waals surface area contributed by atoms with Crippen LogP contribution < -0.4 is 42.6 Å². The number of hydrazine groups is 1. The minimum Gasteiger partial charge on any atom is -0.508 e. The highest BCUT2D eigenvalue weighted by Crippen LogP contribution is 2.32. The molecule has 0 spiro atoms. The maximum absolute atomic E-state index is 14.8. The second-order valence-corrected chi connectivity index (χ2v) is 25.6. The zero-order chi connectivity index (χ0) is 70.1. The minimum atomic E-state index is -0.902. The third-order valence-electron chi connectivity index (χ3n) is 16.6. The summed E-state index contributed by atoms with van der Waals surface area (Å²) in [5, 5.41) is 24.2. The molecule has 0 bridgehead atoms. The zero-order valence-electron chi connectivity index (χ0n) is 57.5. The number of imidazole rings is 1. The molecule has 1 aliphatic heterocycles. The number of carbonyl (C=O) groups is 7. The number of piperidine rings is 1. The van der Waals surface area contributed by atoms with Gasteiger partial charge in [0.15, 0.2) is 11.2 Å². The summed E-state index contributed by atoms with van der Waals surface area (Å²) in [4.78, 5) is 117. The standard InChI is InChI=1S/C68H102N14O14S/c1-9-27-82(66(89)58(45(6)11-3)76-63(88)53-15-12-13-28-81(53)8)54(44(4)5)39-55(94-29-10-2)65-75-52(42-97-65)62(87)74-50(38-47-22-24-51(83)25-23-47)37-46(7)61(86)79-80-68(90)95-36-35-93-34-33-92-32-31-91-30-26-70-56(84)16-14-17-57(85)71-40-48-18-20-49(21-19-48)41-96-64-59-60(73-43-72-59)77-67(69)78-64/h18-25,42-46,50,53-55,58,83H,9-17,26-41H2,1-8H3,(H,70,84)(H,71,85)(H,74,87)(H,76,88)(H,79,86)(H,80,90)(H3,69,72,73,77,78)/t45-,46-,50+,53+,54+,55+,58-/m0/s1. The van der Waals surface area contributed by atoms with Crippen molar-refractivity contribution >= 4 is 70.0 Å². The van der Waals surface area contributed by atoms with Crippen molar-refractivity contribution in [1.29, 1.82) is 0 Å². The van der Waals surface area contributed by atoms with Gasteiger partial charge in [0.25, 0.3) is 5.91 Å². The van der Waals surface area contributed by atoms with Crippen LogP contribution in [0.3, 0.4) is 0 Å². The van der Waals surface area contributed by atoms with Crippen molar-refractivity contribution in [3.63, 3.8) is 0 Å². The van der Waals surface area contributed by atoms with Crippen molar-refractivity contribution in [3.05, 3.63) is 87.6 Å². The molecule has 7 atom stereocenters. The summed E-state index contributed by atoms with van der Waals surface area (Å²) in [7, 11) is 1.96. The Labute approximate surface area is 572 Å². The Hall–Kier alpha value is -8.09. The molecule has 2 aromatic carbocycles. The molecule has 29 heteroatoms. The molecule has 0 saturated carbocycles. The predicted molar refractivity (Wildman–Crippen MR) is 366 cm³/mol. The van der Waals surface area contributed by atoms with Gasteiger partial charge in [0, 0.05) is 68.9 Å². The Morgan fingerprint density at radius 2 is 1.46 bits per heavy atom. The molecule has 1 aliphatic rings. The molecule has 534 valence electrons. The van der Waals surface area contributed by atoms with Crippen LogP contribution in [0.25, 0.3) is 11.2 Å². The van der Waals surface area contributed by atoms with Crippen LogP contribution >= 0.6 is 11.3 Å². The number of H-pyrrole nitrogens is 1. The Bertz CT molecular complexity index is 3230. The van der Waals surface area contributed by atoms with Crippen LogP contribution in [-0.4, -0.2) is 185 Å². The lowest BCUT2D eigenvalue weighted by Crippen LogP contribution is -2.58. The average molecular weight is 1370 g/mol. The van der Waals surface area contributed by atoms with Crippen molar-refractivity contribution in [3.8, 4) is 11.6 Å². The van der Waals surface area contributed by atoms with Crippen molar-refractivity contribution in [2.24, 2.45) is 17.8 Å². The van der Waals surface area contributed by atoms with Crippen LogP contribution in [0.5, 0.6) is 11.6 Å². The van der Waals surface area contributed by atoms with Gasteiger partial charge in [-0.25, -0.2) is 20.2 Å². The molecule has 0 radical (unpaired) electrons. The van der Waals surface area contributed by atoms with E-state index in [1.807, 2.05) is 63.9 Å². The van der Waals surface area contributed by atoms with Gasteiger partial charge in [0.2, 0.25) is 41.4 Å². The van der Waals surface area contributed by atoms with Gasteiger partial charge in [0.1, 0.15) is 41.8 Å². The molecule has 1 fully saturated rings. The first-order valence-electron chi connectivity index (χ1n) is 33.9. The van der Waals surface area contributed by atoms with Gasteiger partial charge in [0.05, 0.1) is 52.0 Å². The smallest absolute Gasteiger partial charge is 0.426 e. The van der Waals surface area contributed by atoms with Crippen molar-refractivity contribution < 1.29 is 67.1 Å². The number of hydrogen-bond donors (Lipinski definition) is 9. The number of nitrogens with two attached hydrogens (primary N) is 1. The first-order chi connectivity index (χ1) is 46.8. The molecule has 28 nitrogen and oxygen atoms in total. The maximum Gasteiger partial charge on any atom is 0.426 e. The fourth-order valence-electron chi connectivity index (χ4n) is 11.0. The van der Waals surface area contributed by atoms with E-state index in [1.165, 1.54) is 17.7 Å². The quantitative estimate of drug-likeness (QED) is 0.0147. The Balaban J connectivity index is 0.841. The number of likely N-dealkylation sites (N-methyl/N-ethyl adjacent to an activating group) is 1. The minimum absolute atomic E-state index is 0.00660. The topological polar surface area (TPSA) is 367 Å². The first-order valence-corrected chi connectivity index (χ1v) is 34.8. The zero-order valence-corrected chi connectivity index (χ0v) is 58.3. The molecule has 6 rings (SSSR count). The second kappa shape index (κ2) is 41.9. The molecule has 0 unspecified atom stereocenters. The van der Waals surface area contributed by atoms with Gasteiger partial charge in [-0.05, 0) is 99.2 Å². The number of amides is 7. The molecule has 7 amide bonds. The molecule has 1 saturated heterocycles. The number of nitrogens with zero attached hydrogens (tertiary/aromatic N) is 6. The molecule has 5 aromatic rings. The first kappa shape index (κ1) is 77.9. The van der Waals surface area contributed by atoms with E-state index >= 15 is 0 Å². The lowest BCUT2D eigenvalue weighted by atomic mass is 9.92. The normalized spacial score (nSPS) is 15.1. The Kier molecular flexibility index (Phi) is 33.6. The number of fused-ring (bicyclic) bond motifs is 1. The number of thiazole rings is 1.